The third-order valence-corrected chi connectivity index (χ3v) is 6.20. The second-order valence-corrected chi connectivity index (χ2v) is 7.72. The first-order valence-corrected chi connectivity index (χ1v) is 8.96. The van der Waals surface area contributed by atoms with Gasteiger partial charge in [0.05, 0.1) is 11.5 Å². The molecule has 0 heterocycles. The summed E-state index contributed by atoms with van der Waals surface area (Å²) in [4.78, 5) is 22.9. The van der Waals surface area contributed by atoms with Crippen LogP contribution in [-0.2, 0) is 4.79 Å². The van der Waals surface area contributed by atoms with Crippen molar-refractivity contribution in [3.05, 3.63) is 0 Å². The van der Waals surface area contributed by atoms with Crippen LogP contribution in [0.3, 0.4) is 0 Å². The van der Waals surface area contributed by atoms with E-state index in [9.17, 15) is 14.7 Å². The van der Waals surface area contributed by atoms with Gasteiger partial charge in [-0.05, 0) is 69.6 Å². The van der Waals surface area contributed by atoms with E-state index in [1.54, 1.807) is 0 Å². The van der Waals surface area contributed by atoms with Crippen molar-refractivity contribution in [1.29, 1.82) is 0 Å². The van der Waals surface area contributed by atoms with Gasteiger partial charge in [0, 0.05) is 12.6 Å². The van der Waals surface area contributed by atoms with Gasteiger partial charge < -0.3 is 20.8 Å². The molecule has 0 aromatic heterocycles. The van der Waals surface area contributed by atoms with Gasteiger partial charge in [-0.25, -0.2) is 4.79 Å². The first-order valence-electron chi connectivity index (χ1n) is 8.96. The van der Waals surface area contributed by atoms with Crippen molar-refractivity contribution in [2.75, 3.05) is 6.54 Å². The molecule has 3 unspecified atom stereocenters. The van der Waals surface area contributed by atoms with Crippen LogP contribution in [0.25, 0.3) is 0 Å². The van der Waals surface area contributed by atoms with Crippen LogP contribution in [0.4, 0.5) is 4.79 Å². The number of carboxylic acids is 1. The van der Waals surface area contributed by atoms with Gasteiger partial charge in [-0.15, -0.1) is 0 Å². The van der Waals surface area contributed by atoms with E-state index in [1.807, 2.05) is 0 Å². The van der Waals surface area contributed by atoms with Crippen LogP contribution in [0.5, 0.6) is 0 Å². The maximum absolute atomic E-state index is 11.9. The Morgan fingerprint density at radius 2 is 1.83 bits per heavy atom. The SMILES string of the molecule is O=C(NCCC1(O)CC2CCC1C2)NC1CCC(C(=O)O)CC1. The van der Waals surface area contributed by atoms with Crippen LogP contribution >= 0.6 is 0 Å². The van der Waals surface area contributed by atoms with Crippen molar-refractivity contribution in [1.82, 2.24) is 10.6 Å². The second kappa shape index (κ2) is 6.67. The van der Waals surface area contributed by atoms with Crippen LogP contribution in [0.2, 0.25) is 0 Å². The molecule has 3 atom stereocenters. The lowest BCUT2D eigenvalue weighted by Gasteiger charge is -2.32. The summed E-state index contributed by atoms with van der Waals surface area (Å²) in [5.41, 5.74) is -0.574. The van der Waals surface area contributed by atoms with Gasteiger partial charge in [-0.3, -0.25) is 4.79 Å². The molecule has 0 aromatic carbocycles. The molecule has 6 nitrogen and oxygen atoms in total. The molecular formula is C17H28N2O4. The maximum atomic E-state index is 11.9. The van der Waals surface area contributed by atoms with Crippen LogP contribution < -0.4 is 10.6 Å². The minimum atomic E-state index is -0.730. The fourth-order valence-electron chi connectivity index (χ4n) is 4.83. The molecule has 0 saturated heterocycles. The number of rotatable bonds is 5. The molecule has 3 aliphatic rings. The molecule has 3 saturated carbocycles. The minimum Gasteiger partial charge on any atom is -0.481 e. The molecule has 2 amide bonds. The van der Waals surface area contributed by atoms with Gasteiger partial charge in [0.15, 0.2) is 0 Å². The standard InChI is InChI=1S/C17H28N2O4/c20-15(21)12-2-5-14(6-3-12)19-16(22)18-8-7-17(23)10-11-1-4-13(17)9-11/h11-14,23H,1-10H2,(H,20,21)(H2,18,19,22). The summed E-state index contributed by atoms with van der Waals surface area (Å²) in [6, 6.07) is -0.133. The molecule has 23 heavy (non-hydrogen) atoms. The molecule has 3 fully saturated rings. The molecule has 6 heteroatoms. The Kier molecular flexibility index (Phi) is 4.80. The molecule has 0 spiro atoms. The zero-order valence-corrected chi connectivity index (χ0v) is 13.6. The summed E-state index contributed by atoms with van der Waals surface area (Å²) in [7, 11) is 0. The lowest BCUT2D eigenvalue weighted by Crippen LogP contribution is -2.46. The van der Waals surface area contributed by atoms with E-state index in [0.717, 1.165) is 32.1 Å². The predicted octanol–water partition coefficient (Wildman–Crippen LogP) is 1.87. The zero-order valence-electron chi connectivity index (χ0n) is 13.6. The number of fused-ring (bicyclic) bond motifs is 2. The van der Waals surface area contributed by atoms with Crippen molar-refractivity contribution >= 4 is 12.0 Å². The predicted molar refractivity (Wildman–Crippen MR) is 84.9 cm³/mol. The van der Waals surface area contributed by atoms with Gasteiger partial charge in [-0.2, -0.15) is 0 Å². The first kappa shape index (κ1) is 16.6. The number of aliphatic hydroxyl groups is 1. The lowest BCUT2D eigenvalue weighted by atomic mass is 9.82. The zero-order chi connectivity index (χ0) is 16.4. The van der Waals surface area contributed by atoms with E-state index in [1.165, 1.54) is 6.42 Å². The average molecular weight is 324 g/mol. The van der Waals surface area contributed by atoms with Gasteiger partial charge in [-0.1, -0.05) is 0 Å². The van der Waals surface area contributed by atoms with Crippen molar-refractivity contribution < 1.29 is 19.8 Å². The fraction of sp³-hybridized carbons (Fsp3) is 0.882. The Labute approximate surface area is 137 Å². The summed E-state index contributed by atoms with van der Waals surface area (Å²) >= 11 is 0. The molecule has 3 aliphatic carbocycles. The molecule has 0 radical (unpaired) electrons. The number of urea groups is 1. The van der Waals surface area contributed by atoms with Crippen LogP contribution in [0, 0.1) is 17.8 Å². The number of carbonyl (C=O) groups is 2. The molecule has 3 rings (SSSR count). The number of amides is 2. The number of carboxylic acid groups (broad SMARTS) is 1. The Balaban J connectivity index is 1.34. The molecule has 130 valence electrons. The highest BCUT2D eigenvalue weighted by Gasteiger charge is 2.49. The van der Waals surface area contributed by atoms with Crippen LogP contribution in [0.1, 0.15) is 57.8 Å². The normalized spacial score (nSPS) is 39.2. The van der Waals surface area contributed by atoms with Crippen molar-refractivity contribution in [2.45, 2.75) is 69.4 Å². The number of carbonyl (C=O) groups excluding carboxylic acids is 1. The van der Waals surface area contributed by atoms with E-state index >= 15 is 0 Å². The lowest BCUT2D eigenvalue weighted by molar-refractivity contribution is -0.142. The molecule has 0 aliphatic heterocycles. The van der Waals surface area contributed by atoms with Crippen molar-refractivity contribution in [2.24, 2.45) is 17.8 Å². The Hall–Kier alpha value is -1.30. The third-order valence-electron chi connectivity index (χ3n) is 6.20. The van der Waals surface area contributed by atoms with Crippen LogP contribution in [-0.4, -0.2) is 40.4 Å². The first-order chi connectivity index (χ1) is 11.0. The molecule has 4 N–H and O–H groups in total. The maximum Gasteiger partial charge on any atom is 0.315 e. The van der Waals surface area contributed by atoms with E-state index < -0.39 is 11.6 Å². The summed E-state index contributed by atoms with van der Waals surface area (Å²) < 4.78 is 0. The summed E-state index contributed by atoms with van der Waals surface area (Å²) in [6.07, 6.45) is 7.74. The van der Waals surface area contributed by atoms with Crippen molar-refractivity contribution in [3.8, 4) is 0 Å². The minimum absolute atomic E-state index is 0.0659. The van der Waals surface area contributed by atoms with Crippen molar-refractivity contribution in [3.63, 3.8) is 0 Å². The van der Waals surface area contributed by atoms with E-state index in [4.69, 9.17) is 5.11 Å². The Morgan fingerprint density at radius 3 is 2.39 bits per heavy atom. The summed E-state index contributed by atoms with van der Waals surface area (Å²) in [6.45, 7) is 0.496. The smallest absolute Gasteiger partial charge is 0.315 e. The summed E-state index contributed by atoms with van der Waals surface area (Å²) in [5, 5.41) is 25.4. The monoisotopic (exact) mass is 324 g/mol. The van der Waals surface area contributed by atoms with Gasteiger partial charge in [0.1, 0.15) is 0 Å². The van der Waals surface area contributed by atoms with E-state index in [2.05, 4.69) is 10.6 Å². The highest BCUT2D eigenvalue weighted by molar-refractivity contribution is 5.74. The molecule has 2 bridgehead atoms. The van der Waals surface area contributed by atoms with Gasteiger partial charge >= 0.3 is 12.0 Å². The largest absolute Gasteiger partial charge is 0.481 e. The highest BCUT2D eigenvalue weighted by atomic mass is 16.4. The van der Waals surface area contributed by atoms with E-state index in [-0.39, 0.29) is 18.0 Å². The highest BCUT2D eigenvalue weighted by Crippen LogP contribution is 2.51. The topological polar surface area (TPSA) is 98.7 Å². The second-order valence-electron chi connectivity index (χ2n) is 7.72. The number of hydrogen-bond donors (Lipinski definition) is 4. The molecular weight excluding hydrogens is 296 g/mol. The average Bonchev–Trinajstić information content (AvgIpc) is 3.08. The Bertz CT molecular complexity index is 462. The number of nitrogens with one attached hydrogen (secondary N) is 2. The summed E-state index contributed by atoms with van der Waals surface area (Å²) in [5.74, 6) is 0.113. The molecule has 0 aromatic rings. The number of aliphatic carboxylic acids is 1. The van der Waals surface area contributed by atoms with E-state index in [0.29, 0.717) is 37.6 Å². The Morgan fingerprint density at radius 1 is 1.09 bits per heavy atom. The fourth-order valence-corrected chi connectivity index (χ4v) is 4.83. The van der Waals surface area contributed by atoms with Gasteiger partial charge in [0.25, 0.3) is 0 Å². The number of hydrogen-bond acceptors (Lipinski definition) is 3. The van der Waals surface area contributed by atoms with Crippen LogP contribution in [0.15, 0.2) is 0 Å². The van der Waals surface area contributed by atoms with Gasteiger partial charge in [0.2, 0.25) is 0 Å². The quantitative estimate of drug-likeness (QED) is 0.620. The third kappa shape index (κ3) is 3.79.